The van der Waals surface area contributed by atoms with Gasteiger partial charge in [-0.15, -0.1) is 5.10 Å². The van der Waals surface area contributed by atoms with Crippen LogP contribution in [0.15, 0.2) is 60.8 Å². The van der Waals surface area contributed by atoms with Crippen LogP contribution < -0.4 is 9.64 Å². The number of ether oxygens (including phenoxy) is 1. The van der Waals surface area contributed by atoms with Crippen LogP contribution in [0.2, 0.25) is 0 Å². The van der Waals surface area contributed by atoms with Gasteiger partial charge in [0, 0.05) is 0 Å². The lowest BCUT2D eigenvalue weighted by atomic mass is 10.2. The molecular weight excluding hydrogens is 292 g/mol. The zero-order valence-electron chi connectivity index (χ0n) is 12.3. The quantitative estimate of drug-likeness (QED) is 0.744. The van der Waals surface area contributed by atoms with E-state index in [-0.39, 0.29) is 12.5 Å². The van der Waals surface area contributed by atoms with Gasteiger partial charge in [-0.1, -0.05) is 35.5 Å². The molecule has 1 aromatic heterocycles. The number of hydrogen-bond donors (Lipinski definition) is 0. The van der Waals surface area contributed by atoms with Crippen molar-refractivity contribution in [2.45, 2.75) is 6.54 Å². The van der Waals surface area contributed by atoms with E-state index < -0.39 is 0 Å². The maximum Gasteiger partial charge on any atom is 0.265 e. The van der Waals surface area contributed by atoms with Gasteiger partial charge < -0.3 is 4.74 Å². The summed E-state index contributed by atoms with van der Waals surface area (Å²) in [5.41, 5.74) is 2.41. The Kier molecular flexibility index (Phi) is 3.27. The van der Waals surface area contributed by atoms with Crippen LogP contribution in [0.25, 0.3) is 5.69 Å². The lowest BCUT2D eigenvalue weighted by Gasteiger charge is -2.28. The van der Waals surface area contributed by atoms with Crippen molar-refractivity contribution >= 4 is 11.6 Å². The van der Waals surface area contributed by atoms with Crippen molar-refractivity contribution in [3.05, 3.63) is 66.5 Å². The molecule has 2 heterocycles. The van der Waals surface area contributed by atoms with Gasteiger partial charge in [-0.25, -0.2) is 4.68 Å². The van der Waals surface area contributed by atoms with E-state index in [1.54, 1.807) is 9.58 Å². The largest absolute Gasteiger partial charge is 0.482 e. The van der Waals surface area contributed by atoms with Gasteiger partial charge in [0.2, 0.25) is 0 Å². The van der Waals surface area contributed by atoms with Crippen molar-refractivity contribution in [3.63, 3.8) is 0 Å². The summed E-state index contributed by atoms with van der Waals surface area (Å²) in [6, 6.07) is 17.2. The Labute approximate surface area is 132 Å². The summed E-state index contributed by atoms with van der Waals surface area (Å²) in [6.45, 7) is 0.413. The molecule has 0 atom stereocenters. The summed E-state index contributed by atoms with van der Waals surface area (Å²) in [4.78, 5) is 13.9. The fraction of sp³-hybridized carbons (Fsp3) is 0.118. The van der Waals surface area contributed by atoms with Gasteiger partial charge in [-0.3, -0.25) is 9.69 Å². The Balaban J connectivity index is 1.61. The van der Waals surface area contributed by atoms with E-state index in [1.807, 2.05) is 60.8 Å². The van der Waals surface area contributed by atoms with Crippen LogP contribution in [0.3, 0.4) is 0 Å². The smallest absolute Gasteiger partial charge is 0.265 e. The number of rotatable bonds is 3. The third-order valence-electron chi connectivity index (χ3n) is 3.69. The average molecular weight is 306 g/mol. The van der Waals surface area contributed by atoms with Crippen molar-refractivity contribution in [3.8, 4) is 11.4 Å². The first-order chi connectivity index (χ1) is 11.3. The first kappa shape index (κ1) is 13.5. The van der Waals surface area contributed by atoms with Gasteiger partial charge >= 0.3 is 0 Å². The molecule has 1 aliphatic heterocycles. The van der Waals surface area contributed by atoms with E-state index in [0.717, 1.165) is 17.1 Å². The minimum atomic E-state index is -0.0852. The third-order valence-corrected chi connectivity index (χ3v) is 3.69. The topological polar surface area (TPSA) is 60.2 Å². The van der Waals surface area contributed by atoms with E-state index in [9.17, 15) is 4.79 Å². The van der Waals surface area contributed by atoms with Gasteiger partial charge in [0.1, 0.15) is 11.4 Å². The molecular formula is C17H14N4O2. The van der Waals surface area contributed by atoms with E-state index in [2.05, 4.69) is 10.3 Å². The molecule has 0 spiro atoms. The normalized spacial score (nSPS) is 13.6. The monoisotopic (exact) mass is 306 g/mol. The van der Waals surface area contributed by atoms with E-state index in [1.165, 1.54) is 0 Å². The van der Waals surface area contributed by atoms with Crippen molar-refractivity contribution in [1.82, 2.24) is 15.0 Å². The number of carbonyl (C=O) groups is 1. The zero-order chi connectivity index (χ0) is 15.6. The van der Waals surface area contributed by atoms with Gasteiger partial charge in [0.25, 0.3) is 5.91 Å². The molecule has 6 nitrogen and oxygen atoms in total. The molecule has 4 rings (SSSR count). The Morgan fingerprint density at radius 3 is 2.70 bits per heavy atom. The second-order valence-corrected chi connectivity index (χ2v) is 5.23. The van der Waals surface area contributed by atoms with Gasteiger partial charge in [-0.2, -0.15) is 0 Å². The number of benzene rings is 2. The molecule has 0 radical (unpaired) electrons. The maximum atomic E-state index is 12.2. The van der Waals surface area contributed by atoms with Crippen molar-refractivity contribution in [1.29, 1.82) is 0 Å². The first-order valence-electron chi connectivity index (χ1n) is 7.30. The number of hydrogen-bond acceptors (Lipinski definition) is 4. The predicted molar refractivity (Wildman–Crippen MR) is 84.5 cm³/mol. The van der Waals surface area contributed by atoms with Gasteiger partial charge in [-0.05, 0) is 24.3 Å². The Hall–Kier alpha value is -3.15. The summed E-state index contributed by atoms with van der Waals surface area (Å²) in [7, 11) is 0. The van der Waals surface area contributed by atoms with Crippen molar-refractivity contribution < 1.29 is 9.53 Å². The summed E-state index contributed by atoms with van der Waals surface area (Å²) in [5, 5.41) is 8.30. The molecule has 0 saturated carbocycles. The number of anilines is 1. The number of amides is 1. The SMILES string of the molecule is O=C1COc2ccccc2N1Cc1cn(-c2ccccc2)nn1. The molecule has 23 heavy (non-hydrogen) atoms. The predicted octanol–water partition coefficient (Wildman–Crippen LogP) is 2.19. The molecule has 0 bridgehead atoms. The third kappa shape index (κ3) is 2.55. The van der Waals surface area contributed by atoms with E-state index >= 15 is 0 Å². The second kappa shape index (κ2) is 5.57. The summed E-state index contributed by atoms with van der Waals surface area (Å²) in [6.07, 6.45) is 1.83. The summed E-state index contributed by atoms with van der Waals surface area (Å²) < 4.78 is 7.15. The van der Waals surface area contributed by atoms with Crippen molar-refractivity contribution in [2.24, 2.45) is 0 Å². The summed E-state index contributed by atoms with van der Waals surface area (Å²) in [5.74, 6) is 0.625. The molecule has 0 fully saturated rings. The van der Waals surface area contributed by atoms with Crippen LogP contribution >= 0.6 is 0 Å². The van der Waals surface area contributed by atoms with Gasteiger partial charge in [0.15, 0.2) is 6.61 Å². The van der Waals surface area contributed by atoms with Crippen LogP contribution in [0.4, 0.5) is 5.69 Å². The molecule has 1 aliphatic rings. The maximum absolute atomic E-state index is 12.2. The number of nitrogens with zero attached hydrogens (tertiary/aromatic N) is 4. The standard InChI is InChI=1S/C17H14N4O2/c22-17-12-23-16-9-5-4-8-15(16)20(17)10-13-11-21(19-18-13)14-6-2-1-3-7-14/h1-9,11H,10,12H2. The molecule has 0 saturated heterocycles. The molecule has 6 heteroatoms. The van der Waals surface area contributed by atoms with Crippen molar-refractivity contribution in [2.75, 3.05) is 11.5 Å². The van der Waals surface area contributed by atoms with E-state index in [4.69, 9.17) is 4.74 Å². The highest BCUT2D eigenvalue weighted by atomic mass is 16.5. The molecule has 0 N–H and O–H groups in total. The lowest BCUT2D eigenvalue weighted by molar-refractivity contribution is -0.121. The number of carbonyl (C=O) groups excluding carboxylic acids is 1. The number of aromatic nitrogens is 3. The van der Waals surface area contributed by atoms with Crippen LogP contribution in [-0.4, -0.2) is 27.5 Å². The first-order valence-corrected chi connectivity index (χ1v) is 7.30. The molecule has 1 amide bonds. The highest BCUT2D eigenvalue weighted by Crippen LogP contribution is 2.32. The van der Waals surface area contributed by atoms with Crippen LogP contribution in [0.5, 0.6) is 5.75 Å². The zero-order valence-corrected chi connectivity index (χ0v) is 12.3. The fourth-order valence-electron chi connectivity index (χ4n) is 2.57. The molecule has 0 unspecified atom stereocenters. The minimum absolute atomic E-state index is 0.0455. The Morgan fingerprint density at radius 1 is 1.04 bits per heavy atom. The van der Waals surface area contributed by atoms with Crippen LogP contribution in [0, 0.1) is 0 Å². The Bertz CT molecular complexity index is 845. The van der Waals surface area contributed by atoms with E-state index in [0.29, 0.717) is 12.3 Å². The lowest BCUT2D eigenvalue weighted by Crippen LogP contribution is -2.38. The number of fused-ring (bicyclic) bond motifs is 1. The highest BCUT2D eigenvalue weighted by Gasteiger charge is 2.26. The van der Waals surface area contributed by atoms with Crippen LogP contribution in [0.1, 0.15) is 5.69 Å². The average Bonchev–Trinajstić information content (AvgIpc) is 3.07. The molecule has 3 aromatic rings. The van der Waals surface area contributed by atoms with Crippen LogP contribution in [-0.2, 0) is 11.3 Å². The molecule has 0 aliphatic carbocycles. The van der Waals surface area contributed by atoms with Gasteiger partial charge in [0.05, 0.1) is 24.1 Å². The fourth-order valence-corrected chi connectivity index (χ4v) is 2.57. The Morgan fingerprint density at radius 2 is 1.83 bits per heavy atom. The molecule has 2 aromatic carbocycles. The molecule has 114 valence electrons. The highest BCUT2D eigenvalue weighted by molar-refractivity contribution is 5.97. The summed E-state index contributed by atoms with van der Waals surface area (Å²) >= 11 is 0. The minimum Gasteiger partial charge on any atom is -0.482 e. The number of para-hydroxylation sites is 3. The second-order valence-electron chi connectivity index (χ2n) is 5.23.